The number of aliphatic imine (C=N–C) groups is 1. The summed E-state index contributed by atoms with van der Waals surface area (Å²) in [6.45, 7) is 4.54. The van der Waals surface area contributed by atoms with E-state index in [4.69, 9.17) is 10.7 Å². The Labute approximate surface area is 238 Å². The van der Waals surface area contributed by atoms with E-state index < -0.39 is 0 Å². The van der Waals surface area contributed by atoms with Gasteiger partial charge in [-0.15, -0.1) is 0 Å². The van der Waals surface area contributed by atoms with Crippen molar-refractivity contribution >= 4 is 11.4 Å². The van der Waals surface area contributed by atoms with Crippen LogP contribution in [0.15, 0.2) is 53.5 Å². The van der Waals surface area contributed by atoms with E-state index in [9.17, 15) is 0 Å². The van der Waals surface area contributed by atoms with Gasteiger partial charge in [0.05, 0.1) is 11.9 Å². The van der Waals surface area contributed by atoms with Gasteiger partial charge in [0, 0.05) is 5.92 Å². The summed E-state index contributed by atoms with van der Waals surface area (Å²) in [5.41, 5.74) is 15.6. The quantitative estimate of drug-likeness (QED) is 0.257. The summed E-state index contributed by atoms with van der Waals surface area (Å²) in [7, 11) is 0. The highest BCUT2D eigenvalue weighted by Crippen LogP contribution is 2.37. The van der Waals surface area contributed by atoms with Crippen molar-refractivity contribution in [3.05, 3.63) is 76.4 Å². The maximum Gasteiger partial charge on any atom is 0.0972 e. The Morgan fingerprint density at radius 3 is 2.36 bits per heavy atom. The summed E-state index contributed by atoms with van der Waals surface area (Å²) < 4.78 is 0. The number of amidine groups is 1. The molecule has 0 aromatic heterocycles. The van der Waals surface area contributed by atoms with Crippen molar-refractivity contribution < 1.29 is 0 Å². The maximum absolute atomic E-state index is 6.41. The third kappa shape index (κ3) is 7.86. The molecule has 0 spiro atoms. The highest BCUT2D eigenvalue weighted by Gasteiger charge is 2.23. The molecule has 210 valence electrons. The minimum Gasteiger partial charge on any atom is -0.387 e. The van der Waals surface area contributed by atoms with Crippen LogP contribution in [0.1, 0.15) is 118 Å². The SMILES string of the molecule is Cc1cccc2c1C(CCC1CCC(Cc3ccc(CC(C)C(N)=NC4CCCCC4)cc3)CC1)=CCCC2. The Morgan fingerprint density at radius 1 is 0.872 bits per heavy atom. The van der Waals surface area contributed by atoms with Crippen LogP contribution in [0.2, 0.25) is 0 Å². The number of nitrogens with zero attached hydrogens (tertiary/aromatic N) is 1. The summed E-state index contributed by atoms with van der Waals surface area (Å²) in [6.07, 6.45) is 23.3. The second-order valence-electron chi connectivity index (χ2n) is 13.1. The van der Waals surface area contributed by atoms with E-state index in [2.05, 4.69) is 62.4 Å². The number of hydrogen-bond donors (Lipinski definition) is 1. The number of fused-ring (bicyclic) bond motifs is 1. The molecule has 1 atom stereocenters. The van der Waals surface area contributed by atoms with Gasteiger partial charge in [-0.3, -0.25) is 4.99 Å². The number of allylic oxidation sites excluding steroid dienone is 2. The van der Waals surface area contributed by atoms with Gasteiger partial charge in [-0.2, -0.15) is 0 Å². The van der Waals surface area contributed by atoms with E-state index in [1.165, 1.54) is 113 Å². The first kappa shape index (κ1) is 28.2. The van der Waals surface area contributed by atoms with Crippen LogP contribution >= 0.6 is 0 Å². The minimum atomic E-state index is 0.319. The normalized spacial score (nSPS) is 23.5. The Balaban J connectivity index is 1.06. The predicted molar refractivity (Wildman–Crippen MR) is 168 cm³/mol. The second-order valence-corrected chi connectivity index (χ2v) is 13.1. The molecule has 3 aliphatic carbocycles. The predicted octanol–water partition coefficient (Wildman–Crippen LogP) is 9.41. The molecule has 0 bridgehead atoms. The number of rotatable bonds is 9. The van der Waals surface area contributed by atoms with Gasteiger partial charge in [0.2, 0.25) is 0 Å². The van der Waals surface area contributed by atoms with Crippen LogP contribution in [0.5, 0.6) is 0 Å². The Bertz CT molecular complexity index is 1110. The molecule has 2 heteroatoms. The fraction of sp³-hybridized carbons (Fsp3) is 0.595. The molecule has 2 aromatic rings. The van der Waals surface area contributed by atoms with Gasteiger partial charge in [0.1, 0.15) is 0 Å². The summed E-state index contributed by atoms with van der Waals surface area (Å²) in [5.74, 6) is 2.93. The third-order valence-electron chi connectivity index (χ3n) is 10.0. The fourth-order valence-corrected chi connectivity index (χ4v) is 7.53. The summed E-state index contributed by atoms with van der Waals surface area (Å²) in [5, 5.41) is 0. The number of hydrogen-bond acceptors (Lipinski definition) is 1. The van der Waals surface area contributed by atoms with Gasteiger partial charge in [-0.05, 0) is 123 Å². The van der Waals surface area contributed by atoms with E-state index in [-0.39, 0.29) is 0 Å². The van der Waals surface area contributed by atoms with Gasteiger partial charge < -0.3 is 5.73 Å². The van der Waals surface area contributed by atoms with Crippen LogP contribution < -0.4 is 5.73 Å². The standard InChI is InChI=1S/C37H52N2/c1-27-9-8-12-33-10-6-7-11-34(36(27)33)24-23-29-15-17-31(18-16-29)26-32-21-19-30(20-22-32)25-28(2)37(38)39-35-13-4-3-5-14-35/h8-9,11-12,19-22,28-29,31,35H,3-7,10,13-18,23-26H2,1-2H3,(H2,38,39). The largest absolute Gasteiger partial charge is 0.387 e. The van der Waals surface area contributed by atoms with Gasteiger partial charge in [-0.25, -0.2) is 0 Å². The third-order valence-corrected chi connectivity index (χ3v) is 10.0. The number of aryl methyl sites for hydroxylation is 2. The Kier molecular flexibility index (Phi) is 9.99. The summed E-state index contributed by atoms with van der Waals surface area (Å²) >= 11 is 0. The Morgan fingerprint density at radius 2 is 1.59 bits per heavy atom. The van der Waals surface area contributed by atoms with Crippen molar-refractivity contribution in [2.45, 2.75) is 123 Å². The lowest BCUT2D eigenvalue weighted by molar-refractivity contribution is 0.264. The van der Waals surface area contributed by atoms with Crippen LogP contribution in [0.25, 0.3) is 5.57 Å². The van der Waals surface area contributed by atoms with Crippen molar-refractivity contribution in [3.63, 3.8) is 0 Å². The lowest BCUT2D eigenvalue weighted by atomic mass is 9.77. The van der Waals surface area contributed by atoms with Crippen molar-refractivity contribution in [1.82, 2.24) is 0 Å². The lowest BCUT2D eigenvalue weighted by Gasteiger charge is -2.29. The molecule has 2 saturated carbocycles. The molecule has 0 amide bonds. The van der Waals surface area contributed by atoms with E-state index in [1.54, 1.807) is 16.7 Å². The zero-order valence-electron chi connectivity index (χ0n) is 24.8. The van der Waals surface area contributed by atoms with Crippen LogP contribution in [-0.2, 0) is 19.3 Å². The minimum absolute atomic E-state index is 0.319. The van der Waals surface area contributed by atoms with Crippen LogP contribution in [0, 0.1) is 24.7 Å². The van der Waals surface area contributed by atoms with E-state index in [0.29, 0.717) is 12.0 Å². The van der Waals surface area contributed by atoms with Crippen LogP contribution in [0.3, 0.4) is 0 Å². The van der Waals surface area contributed by atoms with Gasteiger partial charge in [0.15, 0.2) is 0 Å². The zero-order valence-corrected chi connectivity index (χ0v) is 24.8. The average Bonchev–Trinajstić information content (AvgIpc) is 3.17. The zero-order chi connectivity index (χ0) is 27.0. The molecule has 0 saturated heterocycles. The molecule has 0 radical (unpaired) electrons. The number of nitrogens with two attached hydrogens (primary N) is 1. The second kappa shape index (κ2) is 13.8. The lowest BCUT2D eigenvalue weighted by Crippen LogP contribution is -2.26. The van der Waals surface area contributed by atoms with Gasteiger partial charge in [-0.1, -0.05) is 87.6 Å². The molecular weight excluding hydrogens is 472 g/mol. The molecule has 3 aliphatic rings. The molecule has 2 aromatic carbocycles. The fourth-order valence-electron chi connectivity index (χ4n) is 7.53. The molecule has 39 heavy (non-hydrogen) atoms. The summed E-state index contributed by atoms with van der Waals surface area (Å²) in [4.78, 5) is 4.88. The Hall–Kier alpha value is -2.35. The smallest absolute Gasteiger partial charge is 0.0972 e. The van der Waals surface area contributed by atoms with E-state index in [0.717, 1.165) is 24.1 Å². The first-order chi connectivity index (χ1) is 19.0. The van der Waals surface area contributed by atoms with Crippen LogP contribution in [-0.4, -0.2) is 11.9 Å². The first-order valence-corrected chi connectivity index (χ1v) is 16.2. The van der Waals surface area contributed by atoms with Gasteiger partial charge in [0.25, 0.3) is 0 Å². The molecular formula is C37H52N2. The summed E-state index contributed by atoms with van der Waals surface area (Å²) in [6, 6.07) is 16.8. The monoisotopic (exact) mass is 524 g/mol. The van der Waals surface area contributed by atoms with E-state index in [1.807, 2.05) is 0 Å². The van der Waals surface area contributed by atoms with Crippen molar-refractivity contribution in [2.75, 3.05) is 0 Å². The van der Waals surface area contributed by atoms with Crippen molar-refractivity contribution in [1.29, 1.82) is 0 Å². The van der Waals surface area contributed by atoms with E-state index >= 15 is 0 Å². The maximum atomic E-state index is 6.41. The first-order valence-electron chi connectivity index (χ1n) is 16.2. The van der Waals surface area contributed by atoms with Gasteiger partial charge >= 0.3 is 0 Å². The topological polar surface area (TPSA) is 38.4 Å². The molecule has 2 fully saturated rings. The molecule has 5 rings (SSSR count). The highest BCUT2D eigenvalue weighted by molar-refractivity contribution is 5.83. The highest BCUT2D eigenvalue weighted by atomic mass is 14.9. The van der Waals surface area contributed by atoms with Crippen molar-refractivity contribution in [2.24, 2.45) is 28.5 Å². The molecule has 1 unspecified atom stereocenters. The molecule has 2 nitrogen and oxygen atoms in total. The number of benzene rings is 2. The van der Waals surface area contributed by atoms with Crippen LogP contribution in [0.4, 0.5) is 0 Å². The van der Waals surface area contributed by atoms with Crippen molar-refractivity contribution in [3.8, 4) is 0 Å². The molecule has 2 N–H and O–H groups in total. The average molecular weight is 525 g/mol. The molecule has 0 aliphatic heterocycles. The molecule has 0 heterocycles.